The Morgan fingerprint density at radius 1 is 1.19 bits per heavy atom. The maximum Gasteiger partial charge on any atom is 0.247 e. The molecule has 0 radical (unpaired) electrons. The minimum Gasteiger partial charge on any atom is -0.304 e. The summed E-state index contributed by atoms with van der Waals surface area (Å²) >= 11 is 1.92. The van der Waals surface area contributed by atoms with Gasteiger partial charge < -0.3 is 5.32 Å². The monoisotopic (exact) mass is 310 g/mol. The Morgan fingerprint density at radius 3 is 2.48 bits per heavy atom. The van der Waals surface area contributed by atoms with Gasteiger partial charge in [0.25, 0.3) is 0 Å². The van der Waals surface area contributed by atoms with Crippen molar-refractivity contribution < 1.29 is 9.59 Å². The smallest absolute Gasteiger partial charge is 0.247 e. The summed E-state index contributed by atoms with van der Waals surface area (Å²) in [6.07, 6.45) is 11.8. The largest absolute Gasteiger partial charge is 0.304 e. The molecule has 0 spiro atoms. The predicted octanol–water partition coefficient (Wildman–Crippen LogP) is 2.32. The van der Waals surface area contributed by atoms with Crippen molar-refractivity contribution in [3.63, 3.8) is 0 Å². The van der Waals surface area contributed by atoms with Gasteiger partial charge in [-0.1, -0.05) is 25.7 Å². The average molecular weight is 310 g/mol. The van der Waals surface area contributed by atoms with E-state index in [0.717, 1.165) is 32.2 Å². The minimum absolute atomic E-state index is 0.0288. The Bertz CT molecular complexity index is 415. The molecule has 1 unspecified atom stereocenters. The van der Waals surface area contributed by atoms with Gasteiger partial charge >= 0.3 is 0 Å². The van der Waals surface area contributed by atoms with Crippen molar-refractivity contribution in [1.82, 2.24) is 10.2 Å². The lowest BCUT2D eigenvalue weighted by molar-refractivity contribution is -0.141. The van der Waals surface area contributed by atoms with Crippen molar-refractivity contribution >= 4 is 23.6 Å². The van der Waals surface area contributed by atoms with E-state index in [2.05, 4.69) is 11.6 Å². The van der Waals surface area contributed by atoms with Gasteiger partial charge in [-0.15, -0.1) is 0 Å². The third-order valence-electron chi connectivity index (χ3n) is 5.49. The van der Waals surface area contributed by atoms with E-state index in [4.69, 9.17) is 0 Å². The lowest BCUT2D eigenvalue weighted by Crippen LogP contribution is -2.46. The number of nitrogens with zero attached hydrogens (tertiary/aromatic N) is 1. The van der Waals surface area contributed by atoms with Crippen LogP contribution in [0.15, 0.2) is 0 Å². The standard InChI is InChI=1S/C16H26N2O2S/c1-21-16(8-4-5-9-16)11-17-13-10-14(19)18(15(13)20)12-6-2-3-7-12/h12-13,17H,2-11H2,1H3. The second kappa shape index (κ2) is 6.29. The predicted molar refractivity (Wildman–Crippen MR) is 85.2 cm³/mol. The maximum absolute atomic E-state index is 12.5. The molecule has 1 atom stereocenters. The van der Waals surface area contributed by atoms with Gasteiger partial charge in [0.1, 0.15) is 0 Å². The Balaban J connectivity index is 1.59. The molecule has 21 heavy (non-hydrogen) atoms. The number of hydrogen-bond donors (Lipinski definition) is 1. The van der Waals surface area contributed by atoms with E-state index in [1.54, 1.807) is 4.90 Å². The van der Waals surface area contributed by atoms with Gasteiger partial charge in [-0.2, -0.15) is 11.8 Å². The molecule has 3 rings (SSSR count). The highest BCUT2D eigenvalue weighted by molar-refractivity contribution is 8.00. The highest BCUT2D eigenvalue weighted by Crippen LogP contribution is 2.40. The summed E-state index contributed by atoms with van der Waals surface area (Å²) in [4.78, 5) is 26.3. The van der Waals surface area contributed by atoms with Crippen LogP contribution in [0.5, 0.6) is 0 Å². The molecule has 2 saturated carbocycles. The average Bonchev–Trinajstić information content (AvgIpc) is 3.19. The Labute approximate surface area is 131 Å². The molecule has 3 aliphatic rings. The first kappa shape index (κ1) is 15.3. The van der Waals surface area contributed by atoms with E-state index in [0.29, 0.717) is 6.42 Å². The number of carbonyl (C=O) groups is 2. The molecular weight excluding hydrogens is 284 g/mol. The lowest BCUT2D eigenvalue weighted by atomic mass is 10.1. The number of hydrogen-bond acceptors (Lipinski definition) is 4. The normalized spacial score (nSPS) is 29.8. The Morgan fingerprint density at radius 2 is 1.86 bits per heavy atom. The number of nitrogens with one attached hydrogen (secondary N) is 1. The number of amides is 2. The molecule has 2 amide bonds. The van der Waals surface area contributed by atoms with Gasteiger partial charge in [0.05, 0.1) is 12.5 Å². The zero-order valence-corrected chi connectivity index (χ0v) is 13.7. The number of carbonyl (C=O) groups excluding carboxylic acids is 2. The molecule has 0 aromatic rings. The van der Waals surface area contributed by atoms with Crippen LogP contribution in [0.1, 0.15) is 57.8 Å². The van der Waals surface area contributed by atoms with Crippen LogP contribution in [0.2, 0.25) is 0 Å². The van der Waals surface area contributed by atoms with Crippen LogP contribution < -0.4 is 5.32 Å². The van der Waals surface area contributed by atoms with E-state index < -0.39 is 0 Å². The molecule has 1 N–H and O–H groups in total. The highest BCUT2D eigenvalue weighted by Gasteiger charge is 2.44. The van der Waals surface area contributed by atoms with Crippen LogP contribution in [-0.4, -0.2) is 46.3 Å². The number of likely N-dealkylation sites (tertiary alicyclic amines) is 1. The third kappa shape index (κ3) is 3.00. The molecule has 0 bridgehead atoms. The summed E-state index contributed by atoms with van der Waals surface area (Å²) < 4.78 is 0.282. The van der Waals surface area contributed by atoms with Crippen LogP contribution in [0.4, 0.5) is 0 Å². The van der Waals surface area contributed by atoms with E-state index in [1.807, 2.05) is 11.8 Å². The van der Waals surface area contributed by atoms with E-state index in [9.17, 15) is 9.59 Å². The fraction of sp³-hybridized carbons (Fsp3) is 0.875. The molecule has 2 aliphatic carbocycles. The first-order chi connectivity index (χ1) is 10.2. The van der Waals surface area contributed by atoms with Crippen LogP contribution in [0.25, 0.3) is 0 Å². The molecule has 0 aromatic carbocycles. The first-order valence-electron chi connectivity index (χ1n) is 8.30. The summed E-state index contributed by atoms with van der Waals surface area (Å²) in [7, 11) is 0. The van der Waals surface area contributed by atoms with Crippen molar-refractivity contribution in [3.8, 4) is 0 Å². The summed E-state index contributed by atoms with van der Waals surface area (Å²) in [5.74, 6) is 0.0650. The molecule has 1 heterocycles. The van der Waals surface area contributed by atoms with Crippen molar-refractivity contribution in [3.05, 3.63) is 0 Å². The fourth-order valence-electron chi connectivity index (χ4n) is 4.14. The fourth-order valence-corrected chi connectivity index (χ4v) is 5.06. The first-order valence-corrected chi connectivity index (χ1v) is 9.52. The van der Waals surface area contributed by atoms with E-state index in [1.165, 1.54) is 25.7 Å². The van der Waals surface area contributed by atoms with Crippen molar-refractivity contribution in [2.24, 2.45) is 0 Å². The third-order valence-corrected chi connectivity index (χ3v) is 6.91. The van der Waals surface area contributed by atoms with Crippen LogP contribution in [-0.2, 0) is 9.59 Å². The second-order valence-corrected chi connectivity index (χ2v) is 8.05. The molecule has 118 valence electrons. The second-order valence-electron chi connectivity index (χ2n) is 6.77. The summed E-state index contributed by atoms with van der Waals surface area (Å²) in [5.41, 5.74) is 0. The van der Waals surface area contributed by atoms with Crippen molar-refractivity contribution in [2.45, 2.75) is 74.6 Å². The van der Waals surface area contributed by atoms with Gasteiger partial charge in [0.15, 0.2) is 0 Å². The van der Waals surface area contributed by atoms with Gasteiger partial charge in [0.2, 0.25) is 11.8 Å². The van der Waals surface area contributed by atoms with E-state index in [-0.39, 0.29) is 28.6 Å². The lowest BCUT2D eigenvalue weighted by Gasteiger charge is -2.28. The number of imide groups is 1. The Hall–Kier alpha value is -0.550. The quantitative estimate of drug-likeness (QED) is 0.792. The molecule has 5 heteroatoms. The maximum atomic E-state index is 12.5. The molecule has 3 fully saturated rings. The van der Waals surface area contributed by atoms with Crippen LogP contribution >= 0.6 is 11.8 Å². The minimum atomic E-state index is -0.275. The molecule has 1 saturated heterocycles. The number of thioether (sulfide) groups is 1. The molecule has 4 nitrogen and oxygen atoms in total. The van der Waals surface area contributed by atoms with E-state index >= 15 is 0 Å². The highest BCUT2D eigenvalue weighted by atomic mass is 32.2. The zero-order chi connectivity index (χ0) is 14.9. The zero-order valence-electron chi connectivity index (χ0n) is 12.9. The molecular formula is C16H26N2O2S. The van der Waals surface area contributed by atoms with Crippen molar-refractivity contribution in [1.29, 1.82) is 0 Å². The summed E-state index contributed by atoms with van der Waals surface area (Å²) in [5, 5.41) is 3.42. The Kier molecular flexibility index (Phi) is 4.60. The number of rotatable bonds is 5. The summed E-state index contributed by atoms with van der Waals surface area (Å²) in [6.45, 7) is 0.857. The van der Waals surface area contributed by atoms with Gasteiger partial charge in [0, 0.05) is 17.3 Å². The SMILES string of the molecule is CSC1(CNC2CC(=O)N(C3CCCC3)C2=O)CCCC1. The van der Waals surface area contributed by atoms with Crippen LogP contribution in [0, 0.1) is 0 Å². The van der Waals surface area contributed by atoms with Gasteiger partial charge in [-0.25, -0.2) is 0 Å². The summed E-state index contributed by atoms with van der Waals surface area (Å²) in [6, 6.07) is -0.0967. The topological polar surface area (TPSA) is 49.4 Å². The van der Waals surface area contributed by atoms with Crippen molar-refractivity contribution in [2.75, 3.05) is 12.8 Å². The molecule has 1 aliphatic heterocycles. The van der Waals surface area contributed by atoms with Crippen LogP contribution in [0.3, 0.4) is 0 Å². The van der Waals surface area contributed by atoms with Gasteiger partial charge in [-0.05, 0) is 31.9 Å². The molecule has 0 aromatic heterocycles. The van der Waals surface area contributed by atoms with Gasteiger partial charge in [-0.3, -0.25) is 14.5 Å².